The third-order valence-electron chi connectivity index (χ3n) is 3.85. The van der Waals surface area contributed by atoms with E-state index < -0.39 is 10.0 Å². The highest BCUT2D eigenvalue weighted by atomic mass is 32.2. The van der Waals surface area contributed by atoms with E-state index in [-0.39, 0.29) is 12.5 Å². The summed E-state index contributed by atoms with van der Waals surface area (Å²) in [5.41, 5.74) is 2.20. The lowest BCUT2D eigenvalue weighted by atomic mass is 10.1. The minimum atomic E-state index is -3.56. The lowest BCUT2D eigenvalue weighted by Gasteiger charge is -2.25. The molecule has 2 aromatic rings. The molecule has 0 aliphatic carbocycles. The van der Waals surface area contributed by atoms with E-state index in [1.54, 1.807) is 12.5 Å². The van der Waals surface area contributed by atoms with Crippen LogP contribution in [0.4, 0.5) is 5.69 Å². The zero-order chi connectivity index (χ0) is 18.4. The van der Waals surface area contributed by atoms with E-state index >= 15 is 0 Å². The van der Waals surface area contributed by atoms with Crippen LogP contribution in [0.1, 0.15) is 17.5 Å². The molecule has 1 aromatic carbocycles. The van der Waals surface area contributed by atoms with E-state index in [9.17, 15) is 13.2 Å². The third kappa shape index (κ3) is 5.32. The zero-order valence-electron chi connectivity index (χ0n) is 14.8. The van der Waals surface area contributed by atoms with Gasteiger partial charge in [0.2, 0.25) is 15.9 Å². The molecule has 0 atom stereocenters. The number of sulfonamides is 1. The Labute approximate surface area is 148 Å². The normalized spacial score (nSPS) is 11.3. The van der Waals surface area contributed by atoms with Crippen LogP contribution in [0.2, 0.25) is 0 Å². The van der Waals surface area contributed by atoms with E-state index in [1.165, 1.54) is 4.31 Å². The molecule has 0 aliphatic rings. The molecular weight excluding hydrogens is 340 g/mol. The fraction of sp³-hybridized carbons (Fsp3) is 0.412. The summed E-state index contributed by atoms with van der Waals surface area (Å²) < 4.78 is 27.5. The Hall–Kier alpha value is -2.35. The van der Waals surface area contributed by atoms with Crippen molar-refractivity contribution in [2.24, 2.45) is 0 Å². The summed E-state index contributed by atoms with van der Waals surface area (Å²) in [6.45, 7) is 4.66. The van der Waals surface area contributed by atoms with Gasteiger partial charge in [0, 0.05) is 25.5 Å². The van der Waals surface area contributed by atoms with Crippen molar-refractivity contribution in [1.82, 2.24) is 14.9 Å². The molecule has 0 saturated heterocycles. The number of nitrogens with one attached hydrogen (secondary N) is 1. The van der Waals surface area contributed by atoms with Crippen LogP contribution in [-0.2, 0) is 21.4 Å². The van der Waals surface area contributed by atoms with E-state index in [1.807, 2.05) is 42.8 Å². The summed E-state index contributed by atoms with van der Waals surface area (Å²) in [6.07, 6.45) is 7.13. The summed E-state index contributed by atoms with van der Waals surface area (Å²) in [5.74, 6) is -0.321. The highest BCUT2D eigenvalue weighted by molar-refractivity contribution is 7.92. The Morgan fingerprint density at radius 3 is 2.52 bits per heavy atom. The van der Waals surface area contributed by atoms with Gasteiger partial charge >= 0.3 is 0 Å². The second-order valence-electron chi connectivity index (χ2n) is 6.01. The highest BCUT2D eigenvalue weighted by Crippen LogP contribution is 2.26. The smallest absolute Gasteiger partial charge is 0.240 e. The Balaban J connectivity index is 1.99. The van der Waals surface area contributed by atoms with E-state index in [2.05, 4.69) is 10.3 Å². The van der Waals surface area contributed by atoms with Crippen LogP contribution < -0.4 is 9.62 Å². The number of anilines is 1. The Bertz CT molecular complexity index is 796. The van der Waals surface area contributed by atoms with Crippen LogP contribution >= 0.6 is 0 Å². The number of para-hydroxylation sites is 1. The van der Waals surface area contributed by atoms with Crippen molar-refractivity contribution in [2.45, 2.75) is 26.8 Å². The number of imidazole rings is 1. The monoisotopic (exact) mass is 364 g/mol. The van der Waals surface area contributed by atoms with E-state index in [0.717, 1.165) is 30.3 Å². The molecule has 136 valence electrons. The number of carbonyl (C=O) groups is 1. The van der Waals surface area contributed by atoms with E-state index in [0.29, 0.717) is 12.2 Å². The third-order valence-corrected chi connectivity index (χ3v) is 4.96. The molecule has 0 bridgehead atoms. The van der Waals surface area contributed by atoms with Gasteiger partial charge in [-0.15, -0.1) is 0 Å². The second kappa shape index (κ2) is 8.15. The molecule has 2 rings (SSSR count). The molecular formula is C17H24N4O3S. The number of benzene rings is 1. The molecule has 0 fully saturated rings. The summed E-state index contributed by atoms with van der Waals surface area (Å²) in [7, 11) is -3.56. The predicted molar refractivity (Wildman–Crippen MR) is 98.0 cm³/mol. The van der Waals surface area contributed by atoms with Crippen molar-refractivity contribution >= 4 is 21.6 Å². The van der Waals surface area contributed by atoms with Gasteiger partial charge < -0.3 is 9.88 Å². The maximum atomic E-state index is 12.2. The SMILES string of the molecule is Cc1cccc(C)c1N(CC(=O)NCCCn1ccnc1)S(C)(=O)=O. The van der Waals surface area contributed by atoms with Crippen LogP contribution in [0.3, 0.4) is 0 Å². The van der Waals surface area contributed by atoms with Crippen LogP contribution in [0.25, 0.3) is 0 Å². The van der Waals surface area contributed by atoms with Crippen molar-refractivity contribution in [3.8, 4) is 0 Å². The standard InChI is InChI=1S/C17H24N4O3S/c1-14-6-4-7-15(2)17(14)21(25(3,23)24)12-16(22)19-8-5-10-20-11-9-18-13-20/h4,6-7,9,11,13H,5,8,10,12H2,1-3H3,(H,19,22). The molecule has 1 aromatic heterocycles. The minimum absolute atomic E-state index is 0.227. The summed E-state index contributed by atoms with van der Waals surface area (Å²) >= 11 is 0. The van der Waals surface area contributed by atoms with Crippen molar-refractivity contribution in [3.05, 3.63) is 48.0 Å². The van der Waals surface area contributed by atoms with Crippen LogP contribution in [-0.4, -0.2) is 43.2 Å². The first-order valence-electron chi connectivity index (χ1n) is 8.05. The van der Waals surface area contributed by atoms with Crippen LogP contribution in [0.15, 0.2) is 36.9 Å². The quantitative estimate of drug-likeness (QED) is 0.719. The van der Waals surface area contributed by atoms with Crippen LogP contribution in [0, 0.1) is 13.8 Å². The molecule has 0 radical (unpaired) electrons. The number of rotatable bonds is 8. The number of hydrogen-bond donors (Lipinski definition) is 1. The number of nitrogens with zero attached hydrogens (tertiary/aromatic N) is 3. The largest absolute Gasteiger partial charge is 0.354 e. The Morgan fingerprint density at radius 1 is 1.28 bits per heavy atom. The van der Waals surface area contributed by atoms with Crippen molar-refractivity contribution in [3.63, 3.8) is 0 Å². The predicted octanol–water partition coefficient (Wildman–Crippen LogP) is 1.47. The Morgan fingerprint density at radius 2 is 1.96 bits per heavy atom. The topological polar surface area (TPSA) is 84.3 Å². The zero-order valence-corrected chi connectivity index (χ0v) is 15.6. The fourth-order valence-electron chi connectivity index (χ4n) is 2.66. The average Bonchev–Trinajstić information content (AvgIpc) is 3.03. The van der Waals surface area contributed by atoms with Crippen molar-refractivity contribution < 1.29 is 13.2 Å². The number of aromatic nitrogens is 2. The second-order valence-corrected chi connectivity index (χ2v) is 7.92. The number of hydrogen-bond acceptors (Lipinski definition) is 4. The summed E-state index contributed by atoms with van der Waals surface area (Å²) in [6, 6.07) is 5.54. The van der Waals surface area contributed by atoms with Gasteiger partial charge in [0.15, 0.2) is 0 Å². The van der Waals surface area contributed by atoms with Gasteiger partial charge in [-0.3, -0.25) is 9.10 Å². The fourth-order valence-corrected chi connectivity index (χ4v) is 3.63. The lowest BCUT2D eigenvalue weighted by Crippen LogP contribution is -2.41. The first-order valence-corrected chi connectivity index (χ1v) is 9.90. The number of amides is 1. The molecule has 1 N–H and O–H groups in total. The summed E-state index contributed by atoms with van der Waals surface area (Å²) in [5, 5.41) is 2.78. The molecule has 1 heterocycles. The maximum absolute atomic E-state index is 12.2. The first kappa shape index (κ1) is 19.0. The molecule has 0 saturated carbocycles. The van der Waals surface area contributed by atoms with Gasteiger partial charge in [-0.1, -0.05) is 18.2 Å². The molecule has 25 heavy (non-hydrogen) atoms. The van der Waals surface area contributed by atoms with Gasteiger partial charge in [0.1, 0.15) is 6.54 Å². The highest BCUT2D eigenvalue weighted by Gasteiger charge is 2.23. The van der Waals surface area contributed by atoms with Crippen molar-refractivity contribution in [1.29, 1.82) is 0 Å². The molecule has 7 nitrogen and oxygen atoms in total. The molecule has 0 aliphatic heterocycles. The number of aryl methyl sites for hydroxylation is 3. The first-order chi connectivity index (χ1) is 11.8. The molecule has 0 spiro atoms. The lowest BCUT2D eigenvalue weighted by molar-refractivity contribution is -0.119. The van der Waals surface area contributed by atoms with Gasteiger partial charge in [-0.05, 0) is 31.4 Å². The van der Waals surface area contributed by atoms with Gasteiger partial charge in [0.25, 0.3) is 0 Å². The Kier molecular flexibility index (Phi) is 6.19. The maximum Gasteiger partial charge on any atom is 0.240 e. The molecule has 1 amide bonds. The van der Waals surface area contributed by atoms with Gasteiger partial charge in [0.05, 0.1) is 18.3 Å². The number of carbonyl (C=O) groups excluding carboxylic acids is 1. The van der Waals surface area contributed by atoms with Crippen LogP contribution in [0.5, 0.6) is 0 Å². The molecule has 0 unspecified atom stereocenters. The molecule has 8 heteroatoms. The van der Waals surface area contributed by atoms with E-state index in [4.69, 9.17) is 0 Å². The van der Waals surface area contributed by atoms with Crippen molar-refractivity contribution in [2.75, 3.05) is 23.7 Å². The average molecular weight is 364 g/mol. The minimum Gasteiger partial charge on any atom is -0.354 e. The van der Waals surface area contributed by atoms with Gasteiger partial charge in [-0.2, -0.15) is 0 Å². The summed E-state index contributed by atoms with van der Waals surface area (Å²) in [4.78, 5) is 16.2. The van der Waals surface area contributed by atoms with Gasteiger partial charge in [-0.25, -0.2) is 13.4 Å².